The quantitative estimate of drug-likeness (QED) is 0.0664. The van der Waals surface area contributed by atoms with E-state index in [1.807, 2.05) is 0 Å². The van der Waals surface area contributed by atoms with Crippen LogP contribution in [0.3, 0.4) is 0 Å². The third kappa shape index (κ3) is 11.3. The summed E-state index contributed by atoms with van der Waals surface area (Å²) >= 11 is 0. The summed E-state index contributed by atoms with van der Waals surface area (Å²) in [4.78, 5) is 105. The Kier molecular flexibility index (Phi) is 16.1. The third-order valence-electron chi connectivity index (χ3n) is 9.00. The minimum atomic E-state index is -1.64. The molecule has 0 unspecified atom stereocenters. The minimum Gasteiger partial charge on any atom is -0.508 e. The Hall–Kier alpha value is -5.38. The molecule has 2 aliphatic heterocycles. The van der Waals surface area contributed by atoms with Gasteiger partial charge in [0.1, 0.15) is 48.0 Å². The highest BCUT2D eigenvalue weighted by Crippen LogP contribution is 2.20. The fourth-order valence-corrected chi connectivity index (χ4v) is 6.18. The van der Waals surface area contributed by atoms with Gasteiger partial charge in [0.25, 0.3) is 0 Å². The SMILES string of the molecule is CC(=O)N[C@@H](CO)C(=O)N1CCC[C@H]1C(=O)N[C@@H](CO)C(=O)N[C@@H](Cc1ccc(O)cc1)C(=O)N[C@@H](CO)C(=O)N1CCC[C@H]1C(=O)N[C@@H](CO)C(N)=O. The van der Waals surface area contributed by atoms with Crippen molar-refractivity contribution in [2.45, 2.75) is 81.3 Å². The van der Waals surface area contributed by atoms with Gasteiger partial charge < -0.3 is 67.7 Å². The molecule has 8 amide bonds. The second-order valence-electron chi connectivity index (χ2n) is 12.9. The molecule has 0 spiro atoms. The van der Waals surface area contributed by atoms with E-state index in [0.717, 1.165) is 16.7 Å². The number of likely N-dealkylation sites (tertiary alicyclic amines) is 2. The van der Waals surface area contributed by atoms with Crippen molar-refractivity contribution in [2.75, 3.05) is 39.5 Å². The molecule has 2 saturated heterocycles. The molecule has 12 N–H and O–H groups in total. The van der Waals surface area contributed by atoms with E-state index in [1.54, 1.807) is 0 Å². The Balaban J connectivity index is 1.76. The molecule has 3 rings (SSSR count). The molecule has 2 heterocycles. The second kappa shape index (κ2) is 20.2. The highest BCUT2D eigenvalue weighted by molar-refractivity contribution is 5.98. The molecule has 2 fully saturated rings. The number of aromatic hydroxyl groups is 1. The van der Waals surface area contributed by atoms with Crippen molar-refractivity contribution in [3.8, 4) is 5.75 Å². The molecule has 1 aromatic carbocycles. The lowest BCUT2D eigenvalue weighted by Gasteiger charge is -2.30. The molecule has 7 atom stereocenters. The third-order valence-corrected chi connectivity index (χ3v) is 9.00. The van der Waals surface area contributed by atoms with Crippen molar-refractivity contribution >= 4 is 47.3 Å². The lowest BCUT2D eigenvalue weighted by molar-refractivity contribution is -0.143. The van der Waals surface area contributed by atoms with Crippen LogP contribution in [0.1, 0.15) is 38.2 Å². The topological polar surface area (TPSA) is 330 Å². The number of carbonyl (C=O) groups excluding carboxylic acids is 8. The predicted octanol–water partition coefficient (Wildman–Crippen LogP) is -6.18. The standard InChI is InChI=1S/C33H48N8O13/c1-17(46)35-23(15-44)32(53)40-10-3-5-26(40)31(52)38-22(14-43)29(50)36-20(12-18-6-8-19(47)9-7-18)28(49)39-24(16-45)33(54)41-11-2-4-25(41)30(51)37-21(13-42)27(34)48/h6-9,20-26,42-45,47H,2-5,10-16H2,1H3,(H2,34,48)(H,35,46)(H,36,50)(H,37,51)(H,38,52)(H,39,49)/t20-,21-,22-,23-,24-,25-,26-/m0/s1. The molecule has 21 nitrogen and oxygen atoms in total. The Labute approximate surface area is 309 Å². The molecule has 0 radical (unpaired) electrons. The highest BCUT2D eigenvalue weighted by atomic mass is 16.3. The summed E-state index contributed by atoms with van der Waals surface area (Å²) in [5, 5.41) is 60.6. The molecular formula is C33H48N8O13. The fraction of sp³-hybridized carbons (Fsp3) is 0.576. The molecule has 298 valence electrons. The summed E-state index contributed by atoms with van der Waals surface area (Å²) in [6, 6.07) is -4.16. The molecule has 0 aliphatic carbocycles. The Bertz CT molecular complexity index is 1540. The number of rotatable bonds is 18. The normalized spacial score (nSPS) is 19.4. The van der Waals surface area contributed by atoms with Gasteiger partial charge in [0.2, 0.25) is 47.3 Å². The van der Waals surface area contributed by atoms with Gasteiger partial charge in [-0.2, -0.15) is 0 Å². The number of benzene rings is 1. The van der Waals surface area contributed by atoms with Gasteiger partial charge in [-0.05, 0) is 43.4 Å². The Morgan fingerprint density at radius 1 is 0.648 bits per heavy atom. The summed E-state index contributed by atoms with van der Waals surface area (Å²) < 4.78 is 0. The van der Waals surface area contributed by atoms with Gasteiger partial charge >= 0.3 is 0 Å². The lowest BCUT2D eigenvalue weighted by Crippen LogP contribution is -2.61. The first kappa shape index (κ1) is 43.0. The van der Waals surface area contributed by atoms with Crippen LogP contribution < -0.4 is 32.3 Å². The van der Waals surface area contributed by atoms with Crippen molar-refractivity contribution < 1.29 is 63.9 Å². The molecule has 0 saturated carbocycles. The monoisotopic (exact) mass is 764 g/mol. The van der Waals surface area contributed by atoms with Crippen molar-refractivity contribution in [2.24, 2.45) is 5.73 Å². The first-order valence-corrected chi connectivity index (χ1v) is 17.3. The average Bonchev–Trinajstić information content (AvgIpc) is 3.84. The fourth-order valence-electron chi connectivity index (χ4n) is 6.18. The van der Waals surface area contributed by atoms with Gasteiger partial charge in [0, 0.05) is 26.4 Å². The number of nitrogens with one attached hydrogen (secondary N) is 5. The Morgan fingerprint density at radius 2 is 1.07 bits per heavy atom. The van der Waals surface area contributed by atoms with Gasteiger partial charge in [-0.15, -0.1) is 0 Å². The molecule has 54 heavy (non-hydrogen) atoms. The smallest absolute Gasteiger partial charge is 0.248 e. The highest BCUT2D eigenvalue weighted by Gasteiger charge is 2.41. The largest absolute Gasteiger partial charge is 0.508 e. The molecule has 0 bridgehead atoms. The van der Waals surface area contributed by atoms with Gasteiger partial charge in [-0.3, -0.25) is 38.4 Å². The van der Waals surface area contributed by atoms with E-state index in [-0.39, 0.29) is 38.1 Å². The van der Waals surface area contributed by atoms with Crippen LogP contribution in [0.5, 0.6) is 5.75 Å². The number of amides is 8. The van der Waals surface area contributed by atoms with Crippen LogP contribution in [0.15, 0.2) is 24.3 Å². The van der Waals surface area contributed by atoms with Crippen molar-refractivity contribution in [1.82, 2.24) is 36.4 Å². The van der Waals surface area contributed by atoms with Crippen LogP contribution in [0.2, 0.25) is 0 Å². The molecule has 1 aromatic rings. The summed E-state index contributed by atoms with van der Waals surface area (Å²) in [5.41, 5.74) is 5.60. The van der Waals surface area contributed by atoms with Crippen LogP contribution in [-0.2, 0) is 44.8 Å². The number of phenols is 1. The maximum Gasteiger partial charge on any atom is 0.248 e. The van der Waals surface area contributed by atoms with E-state index in [9.17, 15) is 63.9 Å². The zero-order valence-corrected chi connectivity index (χ0v) is 29.6. The number of phenolic OH excluding ortho intramolecular Hbond substituents is 1. The molecule has 21 heteroatoms. The van der Waals surface area contributed by atoms with E-state index in [2.05, 4.69) is 26.6 Å². The van der Waals surface area contributed by atoms with E-state index < -0.39 is 116 Å². The minimum absolute atomic E-state index is 0.0487. The zero-order valence-electron chi connectivity index (χ0n) is 29.6. The zero-order chi connectivity index (χ0) is 40.1. The Morgan fingerprint density at radius 3 is 1.52 bits per heavy atom. The van der Waals surface area contributed by atoms with E-state index in [0.29, 0.717) is 18.4 Å². The summed E-state index contributed by atoms with van der Waals surface area (Å²) in [6.45, 7) is -2.07. The van der Waals surface area contributed by atoms with Crippen molar-refractivity contribution in [3.63, 3.8) is 0 Å². The number of carbonyl (C=O) groups is 8. The predicted molar refractivity (Wildman–Crippen MR) is 184 cm³/mol. The summed E-state index contributed by atoms with van der Waals surface area (Å²) in [5.74, 6) is -6.91. The van der Waals surface area contributed by atoms with Gasteiger partial charge in [-0.25, -0.2) is 0 Å². The summed E-state index contributed by atoms with van der Waals surface area (Å²) in [7, 11) is 0. The van der Waals surface area contributed by atoms with Crippen LogP contribution in [0.25, 0.3) is 0 Å². The van der Waals surface area contributed by atoms with Crippen LogP contribution >= 0.6 is 0 Å². The summed E-state index contributed by atoms with van der Waals surface area (Å²) in [6.07, 6.45) is 0.839. The number of primary amides is 1. The molecule has 2 aliphatic rings. The second-order valence-corrected chi connectivity index (χ2v) is 12.9. The number of nitrogens with two attached hydrogens (primary N) is 1. The first-order chi connectivity index (χ1) is 25.6. The number of nitrogens with zero attached hydrogens (tertiary/aromatic N) is 2. The maximum absolute atomic E-state index is 13.7. The van der Waals surface area contributed by atoms with Crippen molar-refractivity contribution in [1.29, 1.82) is 0 Å². The number of aliphatic hydroxyl groups excluding tert-OH is 4. The molecule has 0 aromatic heterocycles. The first-order valence-electron chi connectivity index (χ1n) is 17.3. The van der Waals surface area contributed by atoms with Gasteiger partial charge in [-0.1, -0.05) is 12.1 Å². The molecular weight excluding hydrogens is 716 g/mol. The van der Waals surface area contributed by atoms with E-state index >= 15 is 0 Å². The van der Waals surface area contributed by atoms with E-state index in [1.165, 1.54) is 24.3 Å². The average molecular weight is 765 g/mol. The van der Waals surface area contributed by atoms with Gasteiger partial charge in [0.15, 0.2) is 0 Å². The number of aliphatic hydroxyl groups is 4. The van der Waals surface area contributed by atoms with Crippen LogP contribution in [0.4, 0.5) is 0 Å². The lowest BCUT2D eigenvalue weighted by atomic mass is 10.0. The number of hydrogen-bond acceptors (Lipinski definition) is 13. The number of hydrogen-bond donors (Lipinski definition) is 11. The van der Waals surface area contributed by atoms with Gasteiger partial charge in [0.05, 0.1) is 26.4 Å². The van der Waals surface area contributed by atoms with Crippen LogP contribution in [-0.4, -0.2) is 164 Å². The van der Waals surface area contributed by atoms with Crippen LogP contribution in [0, 0.1) is 0 Å². The maximum atomic E-state index is 13.7. The van der Waals surface area contributed by atoms with E-state index in [4.69, 9.17) is 5.73 Å². The van der Waals surface area contributed by atoms with Crippen molar-refractivity contribution in [3.05, 3.63) is 29.8 Å².